The van der Waals surface area contributed by atoms with Crippen molar-refractivity contribution in [1.82, 2.24) is 5.43 Å². The van der Waals surface area contributed by atoms with Crippen molar-refractivity contribution in [3.63, 3.8) is 0 Å². The van der Waals surface area contributed by atoms with Gasteiger partial charge in [0.05, 0.1) is 12.1 Å². The van der Waals surface area contributed by atoms with Crippen LogP contribution in [0.2, 0.25) is 0 Å². The summed E-state index contributed by atoms with van der Waals surface area (Å²) in [5, 5.41) is 6.93. The van der Waals surface area contributed by atoms with E-state index in [4.69, 9.17) is 0 Å². The zero-order valence-corrected chi connectivity index (χ0v) is 15.9. The van der Waals surface area contributed by atoms with Gasteiger partial charge in [-0.3, -0.25) is 9.59 Å². The van der Waals surface area contributed by atoms with E-state index in [1.165, 1.54) is 24.3 Å². The van der Waals surface area contributed by atoms with Crippen molar-refractivity contribution in [3.05, 3.63) is 101 Å². The number of nitrogens with zero attached hydrogens (tertiary/aromatic N) is 1. The van der Waals surface area contributed by atoms with E-state index in [0.717, 1.165) is 11.1 Å². The van der Waals surface area contributed by atoms with E-state index < -0.39 is 11.7 Å². The normalized spacial score (nSPS) is 11.0. The van der Waals surface area contributed by atoms with E-state index in [2.05, 4.69) is 15.8 Å². The summed E-state index contributed by atoms with van der Waals surface area (Å²) in [5.41, 5.74) is 5.79. The molecule has 0 aliphatic carbocycles. The van der Waals surface area contributed by atoms with Crippen LogP contribution in [0.15, 0.2) is 84.0 Å². The summed E-state index contributed by atoms with van der Waals surface area (Å²) in [6.07, 6.45) is 0.304. The van der Waals surface area contributed by atoms with Gasteiger partial charge in [0.1, 0.15) is 5.82 Å². The predicted molar refractivity (Wildman–Crippen MR) is 111 cm³/mol. The highest BCUT2D eigenvalue weighted by Crippen LogP contribution is 2.12. The van der Waals surface area contributed by atoms with Crippen LogP contribution in [-0.2, 0) is 11.2 Å². The molecule has 0 aliphatic heterocycles. The molecular weight excluding hydrogens is 369 g/mol. The van der Waals surface area contributed by atoms with E-state index in [1.54, 1.807) is 31.2 Å². The molecule has 0 radical (unpaired) electrons. The van der Waals surface area contributed by atoms with Crippen LogP contribution in [0.1, 0.15) is 28.4 Å². The Morgan fingerprint density at radius 1 is 0.862 bits per heavy atom. The largest absolute Gasteiger partial charge is 0.326 e. The number of hydrogen-bond acceptors (Lipinski definition) is 3. The molecule has 0 spiro atoms. The van der Waals surface area contributed by atoms with Crippen molar-refractivity contribution in [2.24, 2.45) is 5.10 Å². The fraction of sp³-hybridized carbons (Fsp3) is 0.0870. The van der Waals surface area contributed by atoms with E-state index >= 15 is 0 Å². The molecule has 3 rings (SSSR count). The van der Waals surface area contributed by atoms with Crippen LogP contribution >= 0.6 is 0 Å². The van der Waals surface area contributed by atoms with Crippen LogP contribution in [0.5, 0.6) is 0 Å². The molecule has 0 bridgehead atoms. The molecule has 6 heteroatoms. The molecule has 0 aliphatic rings. The summed E-state index contributed by atoms with van der Waals surface area (Å²) in [4.78, 5) is 24.2. The lowest BCUT2D eigenvalue weighted by Crippen LogP contribution is -2.19. The molecule has 0 saturated heterocycles. The Hall–Kier alpha value is -3.80. The minimum absolute atomic E-state index is 0.0964. The number of rotatable bonds is 6. The highest BCUT2D eigenvalue weighted by atomic mass is 19.1. The van der Waals surface area contributed by atoms with Crippen LogP contribution < -0.4 is 10.7 Å². The first-order valence-electron chi connectivity index (χ1n) is 9.05. The Kier molecular flexibility index (Phi) is 6.47. The standard InChI is InChI=1S/C23H20FN3O2/c1-16(26-27-23(29)19-7-11-20(24)12-8-19)18-9-13-21(14-10-18)25-22(28)15-17-5-3-2-4-6-17/h2-14H,15H2,1H3,(H,25,28)(H,27,29)/b26-16-. The number of carbonyl (C=O) groups is 2. The molecule has 0 heterocycles. The van der Waals surface area contributed by atoms with Gasteiger partial charge in [-0.2, -0.15) is 5.10 Å². The van der Waals surface area contributed by atoms with Gasteiger partial charge in [-0.15, -0.1) is 0 Å². The molecule has 0 unspecified atom stereocenters. The summed E-state index contributed by atoms with van der Waals surface area (Å²) < 4.78 is 12.9. The third kappa shape index (κ3) is 5.84. The van der Waals surface area contributed by atoms with Crippen molar-refractivity contribution in [1.29, 1.82) is 0 Å². The SMILES string of the molecule is C/C(=N/NC(=O)c1ccc(F)cc1)c1ccc(NC(=O)Cc2ccccc2)cc1. The fourth-order valence-corrected chi connectivity index (χ4v) is 2.65. The average Bonchev–Trinajstić information content (AvgIpc) is 2.73. The van der Waals surface area contributed by atoms with Crippen LogP contribution in [0, 0.1) is 5.82 Å². The fourth-order valence-electron chi connectivity index (χ4n) is 2.65. The lowest BCUT2D eigenvalue weighted by Gasteiger charge is -2.07. The number of hydrazone groups is 1. The van der Waals surface area contributed by atoms with Gasteiger partial charge < -0.3 is 5.32 Å². The van der Waals surface area contributed by atoms with E-state index in [0.29, 0.717) is 23.4 Å². The first-order chi connectivity index (χ1) is 14.0. The molecule has 146 valence electrons. The Balaban J connectivity index is 1.57. The molecular formula is C23H20FN3O2. The van der Waals surface area contributed by atoms with Crippen LogP contribution in [0.3, 0.4) is 0 Å². The number of halogens is 1. The van der Waals surface area contributed by atoms with Gasteiger partial charge in [-0.1, -0.05) is 42.5 Å². The maximum atomic E-state index is 12.9. The first-order valence-corrected chi connectivity index (χ1v) is 9.05. The van der Waals surface area contributed by atoms with Crippen molar-refractivity contribution in [3.8, 4) is 0 Å². The molecule has 2 amide bonds. The second-order valence-electron chi connectivity index (χ2n) is 6.43. The van der Waals surface area contributed by atoms with Crippen molar-refractivity contribution in [2.75, 3.05) is 5.32 Å². The van der Waals surface area contributed by atoms with Gasteiger partial charge >= 0.3 is 0 Å². The minimum Gasteiger partial charge on any atom is -0.326 e. The summed E-state index contributed by atoms with van der Waals surface area (Å²) in [6, 6.07) is 21.9. The zero-order valence-electron chi connectivity index (χ0n) is 15.9. The molecule has 0 atom stereocenters. The highest BCUT2D eigenvalue weighted by molar-refractivity contribution is 6.01. The smallest absolute Gasteiger partial charge is 0.271 e. The van der Waals surface area contributed by atoms with Crippen molar-refractivity contribution < 1.29 is 14.0 Å². The van der Waals surface area contributed by atoms with Gasteiger partial charge in [-0.05, 0) is 54.4 Å². The highest BCUT2D eigenvalue weighted by Gasteiger charge is 2.06. The zero-order chi connectivity index (χ0) is 20.6. The number of amides is 2. The maximum Gasteiger partial charge on any atom is 0.271 e. The van der Waals surface area contributed by atoms with Crippen molar-refractivity contribution >= 4 is 23.2 Å². The Bertz CT molecular complexity index is 1010. The Morgan fingerprint density at radius 2 is 1.48 bits per heavy atom. The number of anilines is 1. The van der Waals surface area contributed by atoms with Gasteiger partial charge in [0.25, 0.3) is 5.91 Å². The molecule has 3 aromatic rings. The summed E-state index contributed by atoms with van der Waals surface area (Å²) >= 11 is 0. The summed E-state index contributed by atoms with van der Waals surface area (Å²) in [5.74, 6) is -0.924. The van der Waals surface area contributed by atoms with Crippen LogP contribution in [0.4, 0.5) is 10.1 Å². The summed E-state index contributed by atoms with van der Waals surface area (Å²) in [7, 11) is 0. The summed E-state index contributed by atoms with van der Waals surface area (Å²) in [6.45, 7) is 1.76. The molecule has 2 N–H and O–H groups in total. The molecule has 0 saturated carbocycles. The molecule has 3 aromatic carbocycles. The number of carbonyl (C=O) groups excluding carboxylic acids is 2. The average molecular weight is 389 g/mol. The molecule has 0 aromatic heterocycles. The topological polar surface area (TPSA) is 70.6 Å². The van der Waals surface area contributed by atoms with E-state index in [-0.39, 0.29) is 5.91 Å². The molecule has 29 heavy (non-hydrogen) atoms. The maximum absolute atomic E-state index is 12.9. The lowest BCUT2D eigenvalue weighted by atomic mass is 10.1. The lowest BCUT2D eigenvalue weighted by molar-refractivity contribution is -0.115. The number of nitrogens with one attached hydrogen (secondary N) is 2. The van der Waals surface area contributed by atoms with Crippen LogP contribution in [-0.4, -0.2) is 17.5 Å². The number of benzene rings is 3. The van der Waals surface area contributed by atoms with Crippen molar-refractivity contribution in [2.45, 2.75) is 13.3 Å². The molecule has 5 nitrogen and oxygen atoms in total. The molecule has 0 fully saturated rings. The van der Waals surface area contributed by atoms with Gasteiger partial charge in [0.2, 0.25) is 5.91 Å². The van der Waals surface area contributed by atoms with Gasteiger partial charge in [0.15, 0.2) is 0 Å². The van der Waals surface area contributed by atoms with E-state index in [9.17, 15) is 14.0 Å². The van der Waals surface area contributed by atoms with Gasteiger partial charge in [0, 0.05) is 11.3 Å². The Labute approximate surface area is 168 Å². The first kappa shape index (κ1) is 19.9. The quantitative estimate of drug-likeness (QED) is 0.491. The predicted octanol–water partition coefficient (Wildman–Crippen LogP) is 4.16. The van der Waals surface area contributed by atoms with Gasteiger partial charge in [-0.25, -0.2) is 9.82 Å². The second kappa shape index (κ2) is 9.41. The number of hydrogen-bond donors (Lipinski definition) is 2. The monoisotopic (exact) mass is 389 g/mol. The van der Waals surface area contributed by atoms with Crippen LogP contribution in [0.25, 0.3) is 0 Å². The van der Waals surface area contributed by atoms with E-state index in [1.807, 2.05) is 30.3 Å². The second-order valence-corrected chi connectivity index (χ2v) is 6.43. The third-order valence-corrected chi connectivity index (χ3v) is 4.23. The third-order valence-electron chi connectivity index (χ3n) is 4.23. The minimum atomic E-state index is -0.422. The Morgan fingerprint density at radius 3 is 2.14 bits per heavy atom.